The molecule has 0 aliphatic carbocycles. The fourth-order valence-corrected chi connectivity index (χ4v) is 4.78. The summed E-state index contributed by atoms with van der Waals surface area (Å²) in [5.74, 6) is 1.26. The molecule has 174 valence electrons. The average Bonchev–Trinajstić information content (AvgIpc) is 3.22. The summed E-state index contributed by atoms with van der Waals surface area (Å²) in [6, 6.07) is 5.60. The lowest BCUT2D eigenvalue weighted by Crippen LogP contribution is -2.43. The van der Waals surface area contributed by atoms with Gasteiger partial charge in [0.15, 0.2) is 11.5 Å². The molecule has 1 aliphatic heterocycles. The molecular weight excluding hydrogens is 430 g/mol. The predicted molar refractivity (Wildman–Crippen MR) is 124 cm³/mol. The number of amides is 2. The van der Waals surface area contributed by atoms with Crippen molar-refractivity contribution in [1.82, 2.24) is 15.2 Å². The van der Waals surface area contributed by atoms with E-state index in [4.69, 9.17) is 14.2 Å². The molecule has 1 saturated heterocycles. The van der Waals surface area contributed by atoms with Gasteiger partial charge in [0.05, 0.1) is 19.9 Å². The Balaban J connectivity index is 1.62. The van der Waals surface area contributed by atoms with E-state index >= 15 is 0 Å². The van der Waals surface area contributed by atoms with Crippen LogP contribution in [0.1, 0.15) is 34.6 Å². The van der Waals surface area contributed by atoms with Crippen molar-refractivity contribution in [2.75, 3.05) is 47.6 Å². The number of aryl methyl sites for hydroxylation is 1. The van der Waals surface area contributed by atoms with Gasteiger partial charge in [-0.2, -0.15) is 0 Å². The summed E-state index contributed by atoms with van der Waals surface area (Å²) in [5, 5.41) is 3.72. The summed E-state index contributed by atoms with van der Waals surface area (Å²) >= 11 is 1.38. The Kier molecular flexibility index (Phi) is 8.46. The van der Waals surface area contributed by atoms with Crippen LogP contribution in [0, 0.1) is 12.8 Å². The summed E-state index contributed by atoms with van der Waals surface area (Å²) in [4.78, 5) is 32.6. The van der Waals surface area contributed by atoms with Gasteiger partial charge in [-0.15, -0.1) is 11.3 Å². The highest BCUT2D eigenvalue weighted by atomic mass is 32.1. The van der Waals surface area contributed by atoms with Crippen molar-refractivity contribution in [2.45, 2.75) is 26.2 Å². The van der Waals surface area contributed by atoms with Crippen molar-refractivity contribution in [3.8, 4) is 22.1 Å². The van der Waals surface area contributed by atoms with E-state index in [1.165, 1.54) is 11.3 Å². The van der Waals surface area contributed by atoms with E-state index in [-0.39, 0.29) is 17.7 Å². The largest absolute Gasteiger partial charge is 0.493 e. The molecule has 0 spiro atoms. The van der Waals surface area contributed by atoms with Gasteiger partial charge >= 0.3 is 0 Å². The molecule has 1 aromatic heterocycles. The normalized spacial score (nSPS) is 14.3. The molecular formula is C23H31N3O5S. The first-order valence-corrected chi connectivity index (χ1v) is 11.6. The maximum atomic E-state index is 13.1. The van der Waals surface area contributed by atoms with Gasteiger partial charge in [-0.1, -0.05) is 0 Å². The predicted octanol–water partition coefficient (Wildman–Crippen LogP) is 3.14. The molecule has 1 N–H and O–H groups in total. The molecule has 0 bridgehead atoms. The Morgan fingerprint density at radius 2 is 1.88 bits per heavy atom. The van der Waals surface area contributed by atoms with E-state index in [1.807, 2.05) is 30.0 Å². The Hall–Kier alpha value is -2.65. The van der Waals surface area contributed by atoms with Crippen LogP contribution in [-0.2, 0) is 9.53 Å². The zero-order chi connectivity index (χ0) is 23.1. The average molecular weight is 462 g/mol. The van der Waals surface area contributed by atoms with Crippen LogP contribution in [0.2, 0.25) is 0 Å². The number of methoxy groups -OCH3 is 3. The zero-order valence-electron chi connectivity index (χ0n) is 19.1. The van der Waals surface area contributed by atoms with Crippen molar-refractivity contribution in [3.63, 3.8) is 0 Å². The summed E-state index contributed by atoms with van der Waals surface area (Å²) < 4.78 is 15.7. The summed E-state index contributed by atoms with van der Waals surface area (Å²) in [6.07, 6.45) is 2.14. The molecule has 0 radical (unpaired) electrons. The van der Waals surface area contributed by atoms with Gasteiger partial charge in [-0.3, -0.25) is 9.59 Å². The van der Waals surface area contributed by atoms with E-state index in [9.17, 15) is 9.59 Å². The standard InChI is InChI=1S/C23H31N3O5S/c1-15-20(32-22(25-15)17-6-7-18(30-3)19(14-17)31-4)23(28)26-11-8-16(9-12-26)21(27)24-10-5-13-29-2/h6-7,14,16H,5,8-13H2,1-4H3,(H,24,27). The second-order valence-electron chi connectivity index (χ2n) is 7.71. The third-order valence-electron chi connectivity index (χ3n) is 5.60. The third kappa shape index (κ3) is 5.58. The molecule has 9 heteroatoms. The number of rotatable bonds is 9. The Morgan fingerprint density at radius 1 is 1.16 bits per heavy atom. The molecule has 0 saturated carbocycles. The van der Waals surface area contributed by atoms with Crippen LogP contribution in [0.5, 0.6) is 11.5 Å². The lowest BCUT2D eigenvalue weighted by Gasteiger charge is -2.31. The monoisotopic (exact) mass is 461 g/mol. The Labute approximate surface area is 192 Å². The minimum atomic E-state index is -0.0496. The maximum absolute atomic E-state index is 13.1. The SMILES string of the molecule is COCCCNC(=O)C1CCN(C(=O)c2sc(-c3ccc(OC)c(OC)c3)nc2C)CC1. The topological polar surface area (TPSA) is 90.0 Å². The van der Waals surface area contributed by atoms with Crippen molar-refractivity contribution in [1.29, 1.82) is 0 Å². The highest BCUT2D eigenvalue weighted by molar-refractivity contribution is 7.17. The van der Waals surface area contributed by atoms with Crippen LogP contribution < -0.4 is 14.8 Å². The second-order valence-corrected chi connectivity index (χ2v) is 8.71. The lowest BCUT2D eigenvalue weighted by molar-refractivity contribution is -0.126. The van der Waals surface area contributed by atoms with Gasteiger partial charge in [0.25, 0.3) is 5.91 Å². The van der Waals surface area contributed by atoms with Crippen molar-refractivity contribution in [2.24, 2.45) is 5.92 Å². The first-order chi connectivity index (χ1) is 15.5. The summed E-state index contributed by atoms with van der Waals surface area (Å²) in [5.41, 5.74) is 1.58. The van der Waals surface area contributed by atoms with Crippen LogP contribution >= 0.6 is 11.3 Å². The molecule has 2 heterocycles. The van der Waals surface area contributed by atoms with E-state index in [1.54, 1.807) is 21.3 Å². The maximum Gasteiger partial charge on any atom is 0.265 e. The molecule has 32 heavy (non-hydrogen) atoms. The number of nitrogens with zero attached hydrogens (tertiary/aromatic N) is 2. The minimum absolute atomic E-state index is 0.0225. The number of carbonyl (C=O) groups excluding carboxylic acids is 2. The fraction of sp³-hybridized carbons (Fsp3) is 0.522. The molecule has 2 amide bonds. The van der Waals surface area contributed by atoms with Gasteiger partial charge in [-0.25, -0.2) is 4.98 Å². The van der Waals surface area contributed by atoms with Crippen LogP contribution in [0.4, 0.5) is 0 Å². The van der Waals surface area contributed by atoms with Gasteiger partial charge in [0, 0.05) is 44.8 Å². The summed E-state index contributed by atoms with van der Waals surface area (Å²) in [6.45, 7) is 4.24. The van der Waals surface area contributed by atoms with E-state index in [2.05, 4.69) is 10.3 Å². The molecule has 1 aliphatic rings. The number of hydrogen-bond donors (Lipinski definition) is 1. The molecule has 1 aromatic carbocycles. The smallest absolute Gasteiger partial charge is 0.265 e. The van der Waals surface area contributed by atoms with Crippen molar-refractivity contribution in [3.05, 3.63) is 28.8 Å². The van der Waals surface area contributed by atoms with Gasteiger partial charge in [0.1, 0.15) is 9.88 Å². The third-order valence-corrected chi connectivity index (χ3v) is 6.79. The van der Waals surface area contributed by atoms with Gasteiger partial charge in [-0.05, 0) is 44.4 Å². The molecule has 3 rings (SSSR count). The van der Waals surface area contributed by atoms with Gasteiger partial charge < -0.3 is 24.4 Å². The number of piperidine rings is 1. The zero-order valence-corrected chi connectivity index (χ0v) is 19.9. The van der Waals surface area contributed by atoms with E-state index < -0.39 is 0 Å². The van der Waals surface area contributed by atoms with E-state index in [0.717, 1.165) is 17.0 Å². The number of aromatic nitrogens is 1. The first kappa shape index (κ1) is 24.0. The van der Waals surface area contributed by atoms with Crippen LogP contribution in [0.15, 0.2) is 18.2 Å². The number of benzene rings is 1. The lowest BCUT2D eigenvalue weighted by atomic mass is 9.95. The first-order valence-electron chi connectivity index (χ1n) is 10.7. The minimum Gasteiger partial charge on any atom is -0.493 e. The number of ether oxygens (including phenoxy) is 3. The highest BCUT2D eigenvalue weighted by Gasteiger charge is 2.29. The molecule has 0 atom stereocenters. The molecule has 2 aromatic rings. The van der Waals surface area contributed by atoms with Crippen LogP contribution in [0.3, 0.4) is 0 Å². The number of likely N-dealkylation sites (tertiary alicyclic amines) is 1. The number of nitrogens with one attached hydrogen (secondary N) is 1. The highest BCUT2D eigenvalue weighted by Crippen LogP contribution is 2.35. The van der Waals surface area contributed by atoms with E-state index in [0.29, 0.717) is 61.2 Å². The molecule has 1 fully saturated rings. The van der Waals surface area contributed by atoms with Crippen LogP contribution in [0.25, 0.3) is 10.6 Å². The van der Waals surface area contributed by atoms with Gasteiger partial charge in [0.2, 0.25) is 5.91 Å². The van der Waals surface area contributed by atoms with Crippen molar-refractivity contribution < 1.29 is 23.8 Å². The quantitative estimate of drug-likeness (QED) is 0.577. The Bertz CT molecular complexity index is 938. The second kappa shape index (κ2) is 11.3. The summed E-state index contributed by atoms with van der Waals surface area (Å²) in [7, 11) is 4.83. The van der Waals surface area contributed by atoms with Crippen molar-refractivity contribution >= 4 is 23.2 Å². The fourth-order valence-electron chi connectivity index (χ4n) is 3.75. The number of carbonyl (C=O) groups is 2. The number of thiazole rings is 1. The number of hydrogen-bond acceptors (Lipinski definition) is 7. The Morgan fingerprint density at radius 3 is 2.53 bits per heavy atom. The molecule has 8 nitrogen and oxygen atoms in total. The molecule has 0 unspecified atom stereocenters. The van der Waals surface area contributed by atoms with Crippen LogP contribution in [-0.4, -0.2) is 69.3 Å².